The van der Waals surface area contributed by atoms with Crippen LogP contribution in [0.5, 0.6) is 0 Å². The molecule has 1 fully saturated rings. The van der Waals surface area contributed by atoms with E-state index >= 15 is 0 Å². The molecule has 3 amide bonds. The van der Waals surface area contributed by atoms with Crippen LogP contribution in [0.3, 0.4) is 0 Å². The van der Waals surface area contributed by atoms with Crippen LogP contribution in [-0.4, -0.2) is 71.2 Å². The minimum Gasteiger partial charge on any atom is -0.465 e. The summed E-state index contributed by atoms with van der Waals surface area (Å²) in [5.74, 6) is -5.36. The van der Waals surface area contributed by atoms with Crippen molar-refractivity contribution in [1.29, 1.82) is 0 Å². The molecule has 0 radical (unpaired) electrons. The van der Waals surface area contributed by atoms with Crippen LogP contribution in [0, 0.1) is 23.7 Å². The first-order chi connectivity index (χ1) is 23.7. The van der Waals surface area contributed by atoms with Crippen LogP contribution in [0.1, 0.15) is 91.5 Å². The van der Waals surface area contributed by atoms with Crippen LogP contribution in [0.15, 0.2) is 42.5 Å². The topological polar surface area (TPSA) is 170 Å². The number of likely N-dealkylation sites (tertiary alicyclic amines) is 1. The van der Waals surface area contributed by atoms with Gasteiger partial charge in [-0.15, -0.1) is 0 Å². The van der Waals surface area contributed by atoms with Gasteiger partial charge in [-0.2, -0.15) is 0 Å². The highest BCUT2D eigenvalue weighted by Gasteiger charge is 2.40. The molecule has 1 heterocycles. The average Bonchev–Trinajstić information content (AvgIpc) is 3.57. The second-order valence-corrected chi connectivity index (χ2v) is 14.2. The van der Waals surface area contributed by atoms with Gasteiger partial charge in [-0.05, 0) is 47.4 Å². The summed E-state index contributed by atoms with van der Waals surface area (Å²) in [7, 11) is 0. The number of fused-ring (bicyclic) bond motifs is 1. The highest BCUT2D eigenvalue weighted by molar-refractivity contribution is 6.38. The van der Waals surface area contributed by atoms with Crippen LogP contribution in [0.4, 0.5) is 0 Å². The number of esters is 1. The number of nitrogens with two attached hydrogens (primary N) is 1. The third-order valence-electron chi connectivity index (χ3n) is 9.24. The summed E-state index contributed by atoms with van der Waals surface area (Å²) in [5, 5.41) is 4.61. The fraction of sp³-hybridized carbons (Fsp3) is 0.564. The van der Waals surface area contributed by atoms with Gasteiger partial charge in [-0.25, -0.2) is 0 Å². The molecular weight excluding hydrogens is 638 g/mol. The van der Waals surface area contributed by atoms with E-state index in [4.69, 9.17) is 10.5 Å². The van der Waals surface area contributed by atoms with E-state index in [1.165, 1.54) is 4.90 Å². The maximum Gasteiger partial charge on any atom is 0.306 e. The summed E-state index contributed by atoms with van der Waals surface area (Å²) < 4.78 is 5.31. The fourth-order valence-electron chi connectivity index (χ4n) is 6.41. The average molecular weight is 692 g/mol. The highest BCUT2D eigenvalue weighted by atomic mass is 16.5. The van der Waals surface area contributed by atoms with Gasteiger partial charge < -0.3 is 20.7 Å². The molecule has 1 aliphatic rings. The molecule has 2 aromatic rings. The van der Waals surface area contributed by atoms with Crippen molar-refractivity contribution in [1.82, 2.24) is 10.2 Å². The van der Waals surface area contributed by atoms with Gasteiger partial charge >= 0.3 is 5.97 Å². The van der Waals surface area contributed by atoms with Gasteiger partial charge in [0.2, 0.25) is 23.5 Å². The molecule has 50 heavy (non-hydrogen) atoms. The lowest BCUT2D eigenvalue weighted by Crippen LogP contribution is -2.46. The van der Waals surface area contributed by atoms with Crippen LogP contribution in [-0.2, 0) is 44.7 Å². The second kappa shape index (κ2) is 19.1. The van der Waals surface area contributed by atoms with Gasteiger partial charge in [-0.3, -0.25) is 33.6 Å². The molecule has 0 saturated carbocycles. The zero-order valence-corrected chi connectivity index (χ0v) is 30.1. The Balaban J connectivity index is 1.58. The first kappa shape index (κ1) is 40.0. The van der Waals surface area contributed by atoms with Gasteiger partial charge in [-0.1, -0.05) is 83.5 Å². The van der Waals surface area contributed by atoms with Crippen molar-refractivity contribution in [2.24, 2.45) is 29.4 Å². The normalized spacial score (nSPS) is 16.2. The molecule has 4 atom stereocenters. The van der Waals surface area contributed by atoms with E-state index in [9.17, 15) is 33.6 Å². The standard InChI is InChI=1S/C39H53N3O8/c1-6-10-29(21-34(44)32-13-9-18-42(32)39(49)30(25(4)5)22-36(46)50-23-24(2)3)37(47)33(43)16-17-35(45)41-31(38(40)48)20-26-14-15-27-11-7-8-12-28(27)19-26/h7-8,11-12,14-15,19,24-25,29-32H,6,9-10,13,16-18,20-23H2,1-5H3,(H2,40,48)(H,41,45)/t29?,30?,31?,32-/m0/s1. The van der Waals surface area contributed by atoms with Gasteiger partial charge in [0, 0.05) is 38.1 Å². The maximum atomic E-state index is 13.6. The Hall–Kier alpha value is -4.41. The molecular formula is C39H53N3O8. The number of nitrogens with one attached hydrogen (secondary N) is 1. The lowest BCUT2D eigenvalue weighted by molar-refractivity contribution is -0.152. The molecule has 272 valence electrons. The molecule has 1 saturated heterocycles. The molecule has 0 spiro atoms. The number of primary amides is 1. The number of nitrogens with zero attached hydrogens (tertiary/aromatic N) is 1. The van der Waals surface area contributed by atoms with Gasteiger partial charge in [0.25, 0.3) is 0 Å². The number of hydrogen-bond acceptors (Lipinski definition) is 8. The zero-order chi connectivity index (χ0) is 37.0. The molecule has 3 unspecified atom stereocenters. The van der Waals surface area contributed by atoms with Gasteiger partial charge in [0.1, 0.15) is 6.04 Å². The van der Waals surface area contributed by atoms with Crippen molar-refractivity contribution in [3.05, 3.63) is 48.0 Å². The molecule has 0 aromatic heterocycles. The minimum atomic E-state index is -1.00. The molecule has 11 nitrogen and oxygen atoms in total. The molecule has 1 aliphatic heterocycles. The SMILES string of the molecule is CCCC(CC(=O)[C@@H]1CCCN1C(=O)C(CC(=O)OCC(C)C)C(C)C)C(=O)C(=O)CCC(=O)NC(Cc1ccc2ccccc2c1)C(N)=O. The van der Waals surface area contributed by atoms with E-state index in [2.05, 4.69) is 5.32 Å². The fourth-order valence-corrected chi connectivity index (χ4v) is 6.41. The Morgan fingerprint density at radius 3 is 2.28 bits per heavy atom. The summed E-state index contributed by atoms with van der Waals surface area (Å²) in [6.45, 7) is 10.0. The van der Waals surface area contributed by atoms with Gasteiger partial charge in [0.15, 0.2) is 11.6 Å². The predicted octanol–water partition coefficient (Wildman–Crippen LogP) is 4.50. The number of ether oxygens (including phenoxy) is 1. The van der Waals surface area contributed by atoms with E-state index in [1.807, 2.05) is 77.1 Å². The van der Waals surface area contributed by atoms with Crippen molar-refractivity contribution in [3.8, 4) is 0 Å². The largest absolute Gasteiger partial charge is 0.465 e. The smallest absolute Gasteiger partial charge is 0.306 e. The minimum absolute atomic E-state index is 0.0801. The summed E-state index contributed by atoms with van der Waals surface area (Å²) in [6, 6.07) is 11.7. The van der Waals surface area contributed by atoms with Crippen LogP contribution < -0.4 is 11.1 Å². The molecule has 3 rings (SSSR count). The maximum absolute atomic E-state index is 13.6. The summed E-state index contributed by atoms with van der Waals surface area (Å²) >= 11 is 0. The first-order valence-electron chi connectivity index (χ1n) is 17.8. The van der Waals surface area contributed by atoms with Crippen molar-refractivity contribution in [2.75, 3.05) is 13.2 Å². The first-order valence-corrected chi connectivity index (χ1v) is 17.8. The van der Waals surface area contributed by atoms with Crippen LogP contribution >= 0.6 is 0 Å². The Morgan fingerprint density at radius 1 is 0.940 bits per heavy atom. The molecule has 2 aromatic carbocycles. The number of benzene rings is 2. The summed E-state index contributed by atoms with van der Waals surface area (Å²) in [4.78, 5) is 92.4. The monoisotopic (exact) mass is 691 g/mol. The van der Waals surface area contributed by atoms with Crippen molar-refractivity contribution < 1.29 is 38.3 Å². The number of carbonyl (C=O) groups excluding carboxylic acids is 7. The number of hydrogen-bond donors (Lipinski definition) is 2. The molecule has 0 aliphatic carbocycles. The molecule has 0 bridgehead atoms. The Bertz CT molecular complexity index is 1550. The second-order valence-electron chi connectivity index (χ2n) is 14.2. The number of carbonyl (C=O) groups is 7. The molecule has 11 heteroatoms. The van der Waals surface area contributed by atoms with Crippen molar-refractivity contribution in [2.45, 2.75) is 104 Å². The van der Waals surface area contributed by atoms with Gasteiger partial charge in [0.05, 0.1) is 25.0 Å². The number of ketones is 3. The predicted molar refractivity (Wildman–Crippen MR) is 190 cm³/mol. The van der Waals surface area contributed by atoms with E-state index in [1.54, 1.807) is 0 Å². The van der Waals surface area contributed by atoms with Crippen LogP contribution in [0.25, 0.3) is 10.8 Å². The van der Waals surface area contributed by atoms with E-state index < -0.39 is 53.3 Å². The van der Waals surface area contributed by atoms with E-state index in [0.29, 0.717) is 32.2 Å². The van der Waals surface area contributed by atoms with Crippen LogP contribution in [0.2, 0.25) is 0 Å². The zero-order valence-electron chi connectivity index (χ0n) is 30.1. The van der Waals surface area contributed by atoms with Crippen molar-refractivity contribution >= 4 is 51.8 Å². The lowest BCUT2D eigenvalue weighted by Gasteiger charge is -2.30. The highest BCUT2D eigenvalue weighted by Crippen LogP contribution is 2.28. The number of Topliss-reactive ketones (excluding diaryl/α,β-unsaturated/α-hetero) is 3. The number of rotatable bonds is 20. The number of amides is 3. The quantitative estimate of drug-likeness (QED) is 0.151. The Kier molecular flexibility index (Phi) is 15.3. The van der Waals surface area contributed by atoms with E-state index in [-0.39, 0.29) is 62.2 Å². The Morgan fingerprint density at radius 2 is 1.64 bits per heavy atom. The third kappa shape index (κ3) is 11.6. The summed E-state index contributed by atoms with van der Waals surface area (Å²) in [6.07, 6.45) is 1.09. The summed E-state index contributed by atoms with van der Waals surface area (Å²) in [5.41, 5.74) is 6.37. The third-order valence-corrected chi connectivity index (χ3v) is 9.24. The van der Waals surface area contributed by atoms with Crippen molar-refractivity contribution in [3.63, 3.8) is 0 Å². The van der Waals surface area contributed by atoms with E-state index in [0.717, 1.165) is 16.3 Å². The Labute approximate surface area is 295 Å². The molecule has 3 N–H and O–H groups in total. The lowest BCUT2D eigenvalue weighted by atomic mass is 9.87.